The van der Waals surface area contributed by atoms with Crippen LogP contribution in [0.3, 0.4) is 0 Å². The Labute approximate surface area is 88.3 Å². The molecule has 1 heteroatoms. The highest BCUT2D eigenvalue weighted by Gasteiger charge is 2.14. The first-order valence-corrected chi connectivity index (χ1v) is 4.99. The van der Waals surface area contributed by atoms with E-state index < -0.39 is 0 Å². The quantitative estimate of drug-likeness (QED) is 0.444. The van der Waals surface area contributed by atoms with E-state index in [-0.39, 0.29) is 0 Å². The van der Waals surface area contributed by atoms with Crippen molar-refractivity contribution in [3.63, 3.8) is 0 Å². The Morgan fingerprint density at radius 1 is 1.20 bits per heavy atom. The van der Waals surface area contributed by atoms with Crippen molar-refractivity contribution in [2.45, 2.75) is 0 Å². The molecule has 0 saturated heterocycles. The van der Waals surface area contributed by atoms with Crippen LogP contribution in [-0.4, -0.2) is 0 Å². The normalized spacial score (nSPS) is 13.1. The molecular weight excluding hydrogens is 182 g/mol. The van der Waals surface area contributed by atoms with Gasteiger partial charge in [0, 0.05) is 18.6 Å². The van der Waals surface area contributed by atoms with Gasteiger partial charge >= 0.3 is 0 Å². The lowest BCUT2D eigenvalue weighted by atomic mass is 10.0. The molecule has 0 atom stereocenters. The topological polar surface area (TPSA) is 5.90 Å². The average Bonchev–Trinajstić information content (AvgIpc) is 2.30. The lowest BCUT2D eigenvalue weighted by molar-refractivity contribution is -0.468. The van der Waals surface area contributed by atoms with Gasteiger partial charge in [0.2, 0.25) is 11.7 Å². The van der Waals surface area contributed by atoms with Gasteiger partial charge in [-0.2, -0.15) is 4.24 Å². The summed E-state index contributed by atoms with van der Waals surface area (Å²) in [6, 6.07) is 8.34. The first-order chi connectivity index (χ1) is 7.36. The molecule has 0 radical (unpaired) electrons. The Hall–Kier alpha value is -2.02. The Bertz CT molecular complexity index is 666. The Balaban J connectivity index is 2.63. The molecule has 0 unspecified atom stereocenters. The third-order valence-electron chi connectivity index (χ3n) is 2.76. The zero-order valence-corrected chi connectivity index (χ0v) is 8.35. The maximum atomic E-state index is 4.02. The van der Waals surface area contributed by atoms with E-state index in [2.05, 4.69) is 55.8 Å². The van der Waals surface area contributed by atoms with Crippen molar-refractivity contribution in [3.8, 4) is 0 Å². The summed E-state index contributed by atoms with van der Waals surface area (Å²) in [7, 11) is 0. The van der Waals surface area contributed by atoms with Crippen LogP contribution in [0.1, 0.15) is 5.56 Å². The average molecular weight is 193 g/mol. The number of benzene rings is 1. The van der Waals surface area contributed by atoms with Crippen LogP contribution in [0.5, 0.6) is 0 Å². The van der Waals surface area contributed by atoms with E-state index in [1.165, 1.54) is 16.2 Å². The molecule has 0 spiro atoms. The van der Waals surface area contributed by atoms with Crippen molar-refractivity contribution in [1.82, 2.24) is 0 Å². The summed E-state index contributed by atoms with van der Waals surface area (Å²) in [6.07, 6.45) is 10.5. The highest BCUT2D eigenvalue weighted by Crippen LogP contribution is 2.09. The number of hydrogen-bond acceptors (Lipinski definition) is 0. The number of nitrogens with zero attached hydrogens (tertiary/aromatic N) is 1. The highest BCUT2D eigenvalue weighted by atomic mass is 14.8. The smallest absolute Gasteiger partial charge is 0.170 e. The number of aromatic nitrogens is 1. The van der Waals surface area contributed by atoms with Gasteiger partial charge in [0.05, 0.1) is 12.2 Å². The van der Waals surface area contributed by atoms with Crippen molar-refractivity contribution in [1.29, 1.82) is 0 Å². The molecular formula is C14H11N+2. The molecule has 2 aromatic rings. The van der Waals surface area contributed by atoms with E-state index in [4.69, 9.17) is 0 Å². The van der Waals surface area contributed by atoms with E-state index in [1.54, 1.807) is 0 Å². The summed E-state index contributed by atoms with van der Waals surface area (Å²) in [5, 5.41) is 2.54. The number of pyridine rings is 1. The zero-order valence-electron chi connectivity index (χ0n) is 8.35. The third-order valence-corrected chi connectivity index (χ3v) is 2.76. The molecule has 1 heterocycles. The molecule has 0 bridgehead atoms. The maximum absolute atomic E-state index is 4.02. The predicted molar refractivity (Wildman–Crippen MR) is 62.3 cm³/mol. The van der Waals surface area contributed by atoms with E-state index in [0.717, 1.165) is 5.52 Å². The highest BCUT2D eigenvalue weighted by molar-refractivity contribution is 5.81. The molecule has 1 aromatic carbocycles. The Kier molecular flexibility index (Phi) is 1.65. The van der Waals surface area contributed by atoms with Gasteiger partial charge in [-0.05, 0) is 6.07 Å². The lowest BCUT2D eigenvalue weighted by Crippen LogP contribution is -2.23. The second kappa shape index (κ2) is 2.99. The number of para-hydroxylation sites is 1. The molecule has 3 rings (SSSR count). The second-order valence-electron chi connectivity index (χ2n) is 3.70. The first kappa shape index (κ1) is 8.30. The fraction of sp³-hybridized carbons (Fsp3) is 0. The van der Waals surface area contributed by atoms with Gasteiger partial charge in [-0.15, -0.1) is 0 Å². The molecule has 0 aliphatic heterocycles. The minimum Gasteiger partial charge on any atom is -0.170 e. The Morgan fingerprint density at radius 3 is 3.00 bits per heavy atom. The monoisotopic (exact) mass is 193 g/mol. The summed E-state index contributed by atoms with van der Waals surface area (Å²) >= 11 is 0. The minimum atomic E-state index is 1.16. The van der Waals surface area contributed by atoms with E-state index in [9.17, 15) is 0 Å². The van der Waals surface area contributed by atoms with Crippen LogP contribution in [-0.2, 0) is 0 Å². The largest absolute Gasteiger partial charge is 0.231 e. The van der Waals surface area contributed by atoms with Crippen LogP contribution in [0.15, 0.2) is 36.5 Å². The minimum absolute atomic E-state index is 1.16. The van der Waals surface area contributed by atoms with Crippen molar-refractivity contribution >= 4 is 23.1 Å². The second-order valence-corrected chi connectivity index (χ2v) is 3.70. The Morgan fingerprint density at radius 2 is 2.07 bits per heavy atom. The number of allylic oxidation sites excluding steroid dienone is 1. The molecule has 0 saturated carbocycles. The fourth-order valence-electron chi connectivity index (χ4n) is 2.04. The first-order valence-electron chi connectivity index (χ1n) is 4.99. The summed E-state index contributed by atoms with van der Waals surface area (Å²) in [5.41, 5.74) is 2.39. The van der Waals surface area contributed by atoms with Crippen LogP contribution in [0.2, 0.25) is 0 Å². The van der Waals surface area contributed by atoms with Crippen LogP contribution in [0.4, 0.5) is 0 Å². The third kappa shape index (κ3) is 1.17. The van der Waals surface area contributed by atoms with E-state index >= 15 is 0 Å². The van der Waals surface area contributed by atoms with Crippen LogP contribution >= 0.6 is 0 Å². The van der Waals surface area contributed by atoms with Crippen molar-refractivity contribution < 1.29 is 4.24 Å². The van der Waals surface area contributed by atoms with Gasteiger partial charge in [0.1, 0.15) is 17.3 Å². The summed E-state index contributed by atoms with van der Waals surface area (Å²) < 4.78 is 1.93. The number of fused-ring (bicyclic) bond motifs is 3. The summed E-state index contributed by atoms with van der Waals surface area (Å²) in [6.45, 7) is 4.02. The molecule has 15 heavy (non-hydrogen) atoms. The van der Waals surface area contributed by atoms with Crippen LogP contribution < -0.4 is 9.46 Å². The molecule has 1 nitrogen and oxygen atoms in total. The van der Waals surface area contributed by atoms with Gasteiger partial charge < -0.3 is 0 Å². The maximum Gasteiger partial charge on any atom is 0.231 e. The number of hydrogen-bond donors (Lipinski definition) is 0. The zero-order chi connectivity index (χ0) is 10.3. The van der Waals surface area contributed by atoms with Crippen molar-refractivity contribution in [2.75, 3.05) is 0 Å². The molecule has 0 amide bonds. The SMILES string of the molecule is C=[n+]1cc2c(c3ccccc31)=C[CH+]C=C2. The fourth-order valence-corrected chi connectivity index (χ4v) is 2.04. The van der Waals surface area contributed by atoms with Crippen molar-refractivity contribution in [3.05, 3.63) is 60.5 Å². The van der Waals surface area contributed by atoms with Crippen LogP contribution in [0.25, 0.3) is 23.1 Å². The van der Waals surface area contributed by atoms with Crippen molar-refractivity contribution in [2.24, 2.45) is 0 Å². The summed E-state index contributed by atoms with van der Waals surface area (Å²) in [4.78, 5) is 0. The van der Waals surface area contributed by atoms with Gasteiger partial charge in [-0.25, -0.2) is 0 Å². The molecule has 1 aromatic heterocycles. The molecule has 0 fully saturated rings. The molecule has 1 aliphatic carbocycles. The van der Waals surface area contributed by atoms with Gasteiger partial charge in [-0.1, -0.05) is 12.1 Å². The molecule has 0 N–H and O–H groups in total. The van der Waals surface area contributed by atoms with Gasteiger partial charge in [0.25, 0.3) is 0 Å². The van der Waals surface area contributed by atoms with Gasteiger partial charge in [0.15, 0.2) is 5.56 Å². The van der Waals surface area contributed by atoms with Crippen LogP contribution in [0, 0.1) is 13.1 Å². The molecule has 70 valence electrons. The van der Waals surface area contributed by atoms with E-state index in [0.29, 0.717) is 0 Å². The lowest BCUT2D eigenvalue weighted by Gasteiger charge is -1.95. The van der Waals surface area contributed by atoms with Gasteiger partial charge in [-0.3, -0.25) is 0 Å². The predicted octanol–water partition coefficient (Wildman–Crippen LogP) is 1.78. The standard InChI is InChI=1S/C14H11N/c1-15-10-11-6-2-3-7-12(11)13-8-4-5-9-14(13)15/h2-10H,1H2/q+2. The molecule has 1 aliphatic rings. The summed E-state index contributed by atoms with van der Waals surface area (Å²) in [5.74, 6) is 0. The van der Waals surface area contributed by atoms with E-state index in [1.807, 2.05) is 10.3 Å². The number of rotatable bonds is 0.